The molecule has 0 aliphatic carbocycles. The molecule has 162 valence electrons. The van der Waals surface area contributed by atoms with Crippen molar-refractivity contribution in [3.63, 3.8) is 0 Å². The first-order valence-electron chi connectivity index (χ1n) is 9.92. The number of carbonyl (C=O) groups is 3. The van der Waals surface area contributed by atoms with E-state index in [0.29, 0.717) is 33.4 Å². The first-order valence-corrected chi connectivity index (χ1v) is 10.7. The predicted octanol–water partition coefficient (Wildman–Crippen LogP) is 4.34. The summed E-state index contributed by atoms with van der Waals surface area (Å²) < 4.78 is 0. The van der Waals surface area contributed by atoms with Gasteiger partial charge in [0, 0.05) is 37.1 Å². The van der Waals surface area contributed by atoms with Crippen LogP contribution in [-0.4, -0.2) is 29.6 Å². The van der Waals surface area contributed by atoms with Gasteiger partial charge in [0.2, 0.25) is 5.91 Å². The zero-order valence-electron chi connectivity index (χ0n) is 17.1. The molecule has 0 bridgehead atoms. The van der Waals surface area contributed by atoms with E-state index in [1.165, 1.54) is 4.90 Å². The molecule has 1 aromatic heterocycles. The van der Waals surface area contributed by atoms with Crippen molar-refractivity contribution >= 4 is 46.5 Å². The summed E-state index contributed by atoms with van der Waals surface area (Å²) in [6, 6.07) is 13.4. The minimum atomic E-state index is -0.903. The Hall–Kier alpha value is -3.22. The number of rotatable bonds is 5. The maximum absolute atomic E-state index is 13.2. The van der Waals surface area contributed by atoms with Crippen LogP contribution in [0.4, 0.5) is 5.69 Å². The van der Waals surface area contributed by atoms with Crippen molar-refractivity contribution < 1.29 is 14.4 Å². The topological polar surface area (TPSA) is 79.4 Å². The van der Waals surface area contributed by atoms with Crippen LogP contribution in [-0.2, 0) is 17.8 Å². The minimum Gasteiger partial charge on any atom is -0.348 e. The van der Waals surface area contributed by atoms with E-state index >= 15 is 0 Å². The maximum atomic E-state index is 13.2. The molecule has 3 aromatic rings. The second kappa shape index (κ2) is 9.10. The van der Waals surface area contributed by atoms with Crippen molar-refractivity contribution in [3.05, 3.63) is 93.2 Å². The van der Waals surface area contributed by atoms with E-state index in [-0.39, 0.29) is 24.0 Å². The molecule has 1 aliphatic rings. The number of hydrogen-bond acceptors (Lipinski definition) is 4. The molecule has 0 saturated heterocycles. The second-order valence-corrected chi connectivity index (χ2v) is 8.35. The summed E-state index contributed by atoms with van der Waals surface area (Å²) in [7, 11) is 1.62. The van der Waals surface area contributed by atoms with Crippen LogP contribution in [0.5, 0.6) is 0 Å². The molecule has 4 rings (SSSR count). The van der Waals surface area contributed by atoms with Crippen LogP contribution in [0.25, 0.3) is 0 Å². The fourth-order valence-electron chi connectivity index (χ4n) is 3.69. The van der Waals surface area contributed by atoms with Gasteiger partial charge in [-0.05, 0) is 60.0 Å². The molecular weight excluding hydrogens is 449 g/mol. The van der Waals surface area contributed by atoms with Crippen molar-refractivity contribution in [2.75, 3.05) is 11.9 Å². The van der Waals surface area contributed by atoms with E-state index in [1.807, 2.05) is 12.1 Å². The van der Waals surface area contributed by atoms with Gasteiger partial charge >= 0.3 is 0 Å². The lowest BCUT2D eigenvalue weighted by Crippen LogP contribution is -2.43. The van der Waals surface area contributed by atoms with Crippen molar-refractivity contribution in [2.45, 2.75) is 13.0 Å². The number of halogens is 2. The van der Waals surface area contributed by atoms with Crippen LogP contribution in [0.2, 0.25) is 10.0 Å². The molecule has 1 atom stereocenters. The molecular formula is C24H19Cl2N3O3. The number of nitrogens with one attached hydrogen (secondary N) is 1. The molecule has 2 heterocycles. The van der Waals surface area contributed by atoms with Crippen LogP contribution in [0, 0.1) is 5.92 Å². The molecule has 0 fully saturated rings. The fourth-order valence-corrected chi connectivity index (χ4v) is 4.01. The number of hydrogen-bond donors (Lipinski definition) is 1. The third kappa shape index (κ3) is 4.38. The molecule has 32 heavy (non-hydrogen) atoms. The molecule has 6 nitrogen and oxygen atoms in total. The van der Waals surface area contributed by atoms with Gasteiger partial charge in [-0.15, -0.1) is 0 Å². The highest BCUT2D eigenvalue weighted by molar-refractivity contribution is 6.42. The van der Waals surface area contributed by atoms with Gasteiger partial charge in [-0.1, -0.05) is 29.3 Å². The summed E-state index contributed by atoms with van der Waals surface area (Å²) in [5.41, 5.74) is 2.82. The minimum absolute atomic E-state index is 0.191. The van der Waals surface area contributed by atoms with E-state index in [2.05, 4.69) is 10.3 Å². The Balaban J connectivity index is 1.57. The zero-order valence-corrected chi connectivity index (χ0v) is 18.7. The number of carbonyl (C=O) groups excluding carboxylic acids is 3. The summed E-state index contributed by atoms with van der Waals surface area (Å²) in [5.74, 6) is -1.83. The van der Waals surface area contributed by atoms with Gasteiger partial charge in [-0.25, -0.2) is 0 Å². The quantitative estimate of drug-likeness (QED) is 0.566. The van der Waals surface area contributed by atoms with E-state index in [1.54, 1.807) is 55.8 Å². The highest BCUT2D eigenvalue weighted by atomic mass is 35.5. The number of anilines is 1. The van der Waals surface area contributed by atoms with Crippen LogP contribution >= 0.6 is 23.2 Å². The number of aromatic nitrogens is 1. The highest BCUT2D eigenvalue weighted by Gasteiger charge is 2.38. The Kier molecular flexibility index (Phi) is 6.26. The first kappa shape index (κ1) is 22.0. The van der Waals surface area contributed by atoms with Gasteiger partial charge in [0.15, 0.2) is 5.78 Å². The van der Waals surface area contributed by atoms with Gasteiger partial charge in [0.05, 0.1) is 15.7 Å². The summed E-state index contributed by atoms with van der Waals surface area (Å²) in [6.07, 6.45) is 3.50. The number of Topliss-reactive ketones (excluding diaryl/α,β-unsaturated/α-hetero) is 1. The van der Waals surface area contributed by atoms with Crippen LogP contribution in [0.15, 0.2) is 60.9 Å². The normalized spacial score (nSPS) is 15.5. The van der Waals surface area contributed by atoms with E-state index in [0.717, 1.165) is 11.1 Å². The standard InChI is InChI=1S/C24H19Cl2N3O3/c1-29-21-5-3-16(23(31)28-13-14-6-8-27-9-7-14)12-17(21)22(30)18(24(29)32)10-15-2-4-19(25)20(26)11-15/h2-9,11-12,18H,10,13H2,1H3,(H,28,31). The van der Waals surface area contributed by atoms with E-state index in [9.17, 15) is 14.4 Å². The lowest BCUT2D eigenvalue weighted by Gasteiger charge is -2.31. The summed E-state index contributed by atoms with van der Waals surface area (Å²) >= 11 is 12.1. The molecule has 2 aromatic carbocycles. The lowest BCUT2D eigenvalue weighted by atomic mass is 9.85. The third-order valence-corrected chi connectivity index (χ3v) is 6.20. The number of amides is 2. The third-order valence-electron chi connectivity index (χ3n) is 5.46. The van der Waals surface area contributed by atoms with Crippen molar-refractivity contribution in [2.24, 2.45) is 5.92 Å². The Morgan fingerprint density at radius 2 is 1.75 bits per heavy atom. The van der Waals surface area contributed by atoms with Crippen LogP contribution in [0.3, 0.4) is 0 Å². The highest BCUT2D eigenvalue weighted by Crippen LogP contribution is 2.33. The number of benzene rings is 2. The molecule has 1 unspecified atom stereocenters. The van der Waals surface area contributed by atoms with Gasteiger partial charge in [0.1, 0.15) is 5.92 Å². The van der Waals surface area contributed by atoms with Crippen molar-refractivity contribution in [1.82, 2.24) is 10.3 Å². The average molecular weight is 468 g/mol. The summed E-state index contributed by atoms with van der Waals surface area (Å²) in [6.45, 7) is 0.338. The summed E-state index contributed by atoms with van der Waals surface area (Å²) in [5, 5.41) is 3.60. The monoisotopic (exact) mass is 467 g/mol. The molecule has 0 saturated carbocycles. The van der Waals surface area contributed by atoms with Crippen LogP contribution < -0.4 is 10.2 Å². The van der Waals surface area contributed by atoms with Crippen molar-refractivity contribution in [3.8, 4) is 0 Å². The zero-order chi connectivity index (χ0) is 22.8. The Morgan fingerprint density at radius 1 is 1.00 bits per heavy atom. The molecule has 1 N–H and O–H groups in total. The molecule has 0 radical (unpaired) electrons. The van der Waals surface area contributed by atoms with Gasteiger partial charge in [0.25, 0.3) is 5.91 Å². The largest absolute Gasteiger partial charge is 0.348 e. The first-order chi connectivity index (χ1) is 15.3. The Bertz CT molecular complexity index is 1210. The number of nitrogens with zero attached hydrogens (tertiary/aromatic N) is 2. The average Bonchev–Trinajstić information content (AvgIpc) is 2.81. The molecule has 2 amide bonds. The van der Waals surface area contributed by atoms with E-state index < -0.39 is 5.92 Å². The molecule has 1 aliphatic heterocycles. The number of ketones is 1. The predicted molar refractivity (Wildman–Crippen MR) is 123 cm³/mol. The summed E-state index contributed by atoms with van der Waals surface area (Å²) in [4.78, 5) is 44.2. The molecule has 0 spiro atoms. The SMILES string of the molecule is CN1C(=O)C(Cc2ccc(Cl)c(Cl)c2)C(=O)c2cc(C(=O)NCc3ccncc3)ccc21. The molecule has 8 heteroatoms. The fraction of sp³-hybridized carbons (Fsp3) is 0.167. The number of fused-ring (bicyclic) bond motifs is 1. The Labute approximate surface area is 195 Å². The van der Waals surface area contributed by atoms with Gasteiger partial charge < -0.3 is 10.2 Å². The maximum Gasteiger partial charge on any atom is 0.251 e. The smallest absolute Gasteiger partial charge is 0.251 e. The van der Waals surface area contributed by atoms with Gasteiger partial charge in [-0.2, -0.15) is 0 Å². The Morgan fingerprint density at radius 3 is 2.47 bits per heavy atom. The van der Waals surface area contributed by atoms with E-state index in [4.69, 9.17) is 23.2 Å². The van der Waals surface area contributed by atoms with Crippen molar-refractivity contribution in [1.29, 1.82) is 0 Å². The van der Waals surface area contributed by atoms with Crippen LogP contribution in [0.1, 0.15) is 31.8 Å². The lowest BCUT2D eigenvalue weighted by molar-refractivity contribution is -0.120. The second-order valence-electron chi connectivity index (χ2n) is 7.54. The van der Waals surface area contributed by atoms with Gasteiger partial charge in [-0.3, -0.25) is 19.4 Å². The number of pyridine rings is 1.